The Morgan fingerprint density at radius 1 is 1.31 bits per heavy atom. The van der Waals surface area contributed by atoms with Gasteiger partial charge < -0.3 is 4.74 Å². The molecule has 0 amide bonds. The molecule has 1 unspecified atom stereocenters. The molecule has 90 valence electrons. The Morgan fingerprint density at radius 2 is 2.12 bits per heavy atom. The lowest BCUT2D eigenvalue weighted by Gasteiger charge is -2.11. The molecule has 0 bridgehead atoms. The molecule has 1 rings (SSSR count). The van der Waals surface area contributed by atoms with Crippen LogP contribution in [0.4, 0.5) is 0 Å². The first-order valence-electron chi connectivity index (χ1n) is 6.04. The number of ether oxygens (including phenoxy) is 1. The standard InChI is InChI=1S/C14H21ClO/c1-3-13-5-4-6-14(11-13)16-10-8-12(2)7-9-15/h4-6,11-12H,3,7-10H2,1-2H3. The van der Waals surface area contributed by atoms with Gasteiger partial charge in [-0.25, -0.2) is 0 Å². The summed E-state index contributed by atoms with van der Waals surface area (Å²) >= 11 is 5.69. The van der Waals surface area contributed by atoms with Crippen molar-refractivity contribution >= 4 is 11.6 Å². The molecule has 0 aromatic heterocycles. The molecule has 0 heterocycles. The maximum absolute atomic E-state index is 5.72. The number of benzene rings is 1. The van der Waals surface area contributed by atoms with Gasteiger partial charge in [0.25, 0.3) is 0 Å². The maximum atomic E-state index is 5.72. The molecule has 0 aliphatic carbocycles. The Hall–Kier alpha value is -0.690. The average molecular weight is 241 g/mol. The SMILES string of the molecule is CCc1cccc(OCCC(C)CCCl)c1. The van der Waals surface area contributed by atoms with Gasteiger partial charge in [0.05, 0.1) is 6.61 Å². The zero-order valence-electron chi connectivity index (χ0n) is 10.2. The fourth-order valence-electron chi connectivity index (χ4n) is 1.56. The van der Waals surface area contributed by atoms with E-state index in [9.17, 15) is 0 Å². The number of hydrogen-bond donors (Lipinski definition) is 0. The first-order valence-corrected chi connectivity index (χ1v) is 6.57. The van der Waals surface area contributed by atoms with E-state index in [0.717, 1.165) is 37.5 Å². The second-order valence-corrected chi connectivity index (χ2v) is 4.60. The molecule has 0 N–H and O–H groups in total. The van der Waals surface area contributed by atoms with E-state index in [-0.39, 0.29) is 0 Å². The third-order valence-corrected chi connectivity index (χ3v) is 3.01. The Balaban J connectivity index is 2.31. The van der Waals surface area contributed by atoms with Gasteiger partial charge in [-0.15, -0.1) is 11.6 Å². The van der Waals surface area contributed by atoms with E-state index in [2.05, 4.69) is 32.0 Å². The van der Waals surface area contributed by atoms with Gasteiger partial charge in [0.1, 0.15) is 5.75 Å². The van der Waals surface area contributed by atoms with Gasteiger partial charge in [0.15, 0.2) is 0 Å². The highest BCUT2D eigenvalue weighted by atomic mass is 35.5. The van der Waals surface area contributed by atoms with Crippen molar-refractivity contribution in [1.29, 1.82) is 0 Å². The summed E-state index contributed by atoms with van der Waals surface area (Å²) in [6, 6.07) is 8.32. The molecule has 1 aromatic rings. The zero-order chi connectivity index (χ0) is 11.8. The molecule has 0 aliphatic heterocycles. The minimum absolute atomic E-state index is 0.645. The van der Waals surface area contributed by atoms with Crippen molar-refractivity contribution in [2.45, 2.75) is 33.1 Å². The Bertz CT molecular complexity index is 299. The summed E-state index contributed by atoms with van der Waals surface area (Å²) in [7, 11) is 0. The van der Waals surface area contributed by atoms with Gasteiger partial charge in [-0.05, 0) is 42.9 Å². The summed E-state index contributed by atoms with van der Waals surface area (Å²) in [6.07, 6.45) is 3.20. The summed E-state index contributed by atoms with van der Waals surface area (Å²) in [5.74, 6) is 2.37. The van der Waals surface area contributed by atoms with Crippen LogP contribution in [0.3, 0.4) is 0 Å². The van der Waals surface area contributed by atoms with Crippen molar-refractivity contribution in [3.8, 4) is 5.75 Å². The van der Waals surface area contributed by atoms with Crippen LogP contribution in [0.2, 0.25) is 0 Å². The van der Waals surface area contributed by atoms with E-state index in [0.29, 0.717) is 5.92 Å². The molecule has 1 atom stereocenters. The first-order chi connectivity index (χ1) is 7.76. The zero-order valence-corrected chi connectivity index (χ0v) is 11.0. The van der Waals surface area contributed by atoms with Crippen LogP contribution in [-0.2, 0) is 6.42 Å². The molecular weight excluding hydrogens is 220 g/mol. The highest BCUT2D eigenvalue weighted by molar-refractivity contribution is 6.17. The van der Waals surface area contributed by atoms with E-state index in [1.807, 2.05) is 6.07 Å². The summed E-state index contributed by atoms with van der Waals surface area (Å²) in [6.45, 7) is 5.15. The predicted molar refractivity (Wildman–Crippen MR) is 70.4 cm³/mol. The summed E-state index contributed by atoms with van der Waals surface area (Å²) in [4.78, 5) is 0. The highest BCUT2D eigenvalue weighted by Gasteiger charge is 2.02. The maximum Gasteiger partial charge on any atom is 0.119 e. The van der Waals surface area contributed by atoms with Gasteiger partial charge in [0, 0.05) is 5.88 Å². The van der Waals surface area contributed by atoms with Crippen LogP contribution < -0.4 is 4.74 Å². The minimum atomic E-state index is 0.645. The Labute approximate surface area is 104 Å². The van der Waals surface area contributed by atoms with Crippen molar-refractivity contribution in [3.05, 3.63) is 29.8 Å². The molecule has 0 radical (unpaired) electrons. The third kappa shape index (κ3) is 4.89. The summed E-state index contributed by atoms with van der Waals surface area (Å²) < 4.78 is 5.72. The van der Waals surface area contributed by atoms with E-state index in [1.54, 1.807) is 0 Å². The smallest absolute Gasteiger partial charge is 0.119 e. The molecule has 1 aromatic carbocycles. The van der Waals surface area contributed by atoms with E-state index >= 15 is 0 Å². The van der Waals surface area contributed by atoms with E-state index in [4.69, 9.17) is 16.3 Å². The van der Waals surface area contributed by atoms with Crippen LogP contribution in [0.5, 0.6) is 5.75 Å². The molecule has 0 saturated carbocycles. The number of hydrogen-bond acceptors (Lipinski definition) is 1. The van der Waals surface area contributed by atoms with Crippen molar-refractivity contribution < 1.29 is 4.74 Å². The normalized spacial score (nSPS) is 12.4. The van der Waals surface area contributed by atoms with Gasteiger partial charge in [-0.2, -0.15) is 0 Å². The molecule has 2 heteroatoms. The first kappa shape index (κ1) is 13.4. The van der Waals surface area contributed by atoms with Crippen LogP contribution >= 0.6 is 11.6 Å². The third-order valence-electron chi connectivity index (χ3n) is 2.79. The molecule has 0 saturated heterocycles. The van der Waals surface area contributed by atoms with Crippen LogP contribution in [0.25, 0.3) is 0 Å². The quantitative estimate of drug-likeness (QED) is 0.647. The van der Waals surface area contributed by atoms with Crippen molar-refractivity contribution in [2.24, 2.45) is 5.92 Å². The Kier molecular flexibility index (Phi) is 6.32. The van der Waals surface area contributed by atoms with Crippen LogP contribution in [0, 0.1) is 5.92 Å². The molecule has 0 aliphatic rings. The second-order valence-electron chi connectivity index (χ2n) is 4.22. The number of alkyl halides is 1. The van der Waals surface area contributed by atoms with E-state index < -0.39 is 0 Å². The Morgan fingerprint density at radius 3 is 2.81 bits per heavy atom. The molecule has 1 nitrogen and oxygen atoms in total. The van der Waals surface area contributed by atoms with Gasteiger partial charge in [0.2, 0.25) is 0 Å². The minimum Gasteiger partial charge on any atom is -0.494 e. The van der Waals surface area contributed by atoms with Crippen LogP contribution in [0.15, 0.2) is 24.3 Å². The number of aryl methyl sites for hydroxylation is 1. The number of halogens is 1. The van der Waals surface area contributed by atoms with Gasteiger partial charge in [-0.3, -0.25) is 0 Å². The number of rotatable bonds is 7. The van der Waals surface area contributed by atoms with Crippen LogP contribution in [0.1, 0.15) is 32.3 Å². The van der Waals surface area contributed by atoms with Crippen molar-refractivity contribution in [2.75, 3.05) is 12.5 Å². The fourth-order valence-corrected chi connectivity index (χ4v) is 1.94. The summed E-state index contributed by atoms with van der Waals surface area (Å²) in [5, 5.41) is 0. The van der Waals surface area contributed by atoms with Gasteiger partial charge in [-0.1, -0.05) is 26.0 Å². The van der Waals surface area contributed by atoms with Crippen LogP contribution in [-0.4, -0.2) is 12.5 Å². The lowest BCUT2D eigenvalue weighted by molar-refractivity contribution is 0.282. The molecule has 16 heavy (non-hydrogen) atoms. The molecular formula is C14H21ClO. The summed E-state index contributed by atoms with van der Waals surface area (Å²) in [5.41, 5.74) is 1.33. The predicted octanol–water partition coefficient (Wildman–Crippen LogP) is 4.28. The lowest BCUT2D eigenvalue weighted by Crippen LogP contribution is -2.04. The highest BCUT2D eigenvalue weighted by Crippen LogP contribution is 2.15. The fraction of sp³-hybridized carbons (Fsp3) is 0.571. The molecule has 0 spiro atoms. The largest absolute Gasteiger partial charge is 0.494 e. The van der Waals surface area contributed by atoms with Gasteiger partial charge >= 0.3 is 0 Å². The molecule has 0 fully saturated rings. The second kappa shape index (κ2) is 7.56. The van der Waals surface area contributed by atoms with E-state index in [1.165, 1.54) is 5.56 Å². The van der Waals surface area contributed by atoms with Crippen molar-refractivity contribution in [3.63, 3.8) is 0 Å². The topological polar surface area (TPSA) is 9.23 Å². The average Bonchev–Trinajstić information content (AvgIpc) is 2.30. The van der Waals surface area contributed by atoms with Crippen molar-refractivity contribution in [1.82, 2.24) is 0 Å². The monoisotopic (exact) mass is 240 g/mol. The lowest BCUT2D eigenvalue weighted by atomic mass is 10.1.